The third-order valence-electron chi connectivity index (χ3n) is 4.03. The maximum absolute atomic E-state index is 12.2. The van der Waals surface area contributed by atoms with Gasteiger partial charge in [0.2, 0.25) is 0 Å². The number of likely N-dealkylation sites (tertiary alicyclic amines) is 1. The van der Waals surface area contributed by atoms with Crippen LogP contribution in [0.3, 0.4) is 0 Å². The van der Waals surface area contributed by atoms with Gasteiger partial charge >= 0.3 is 0 Å². The number of nitrogens with two attached hydrogens (primary N) is 1. The molecular weight excluding hydrogens is 254 g/mol. The smallest absolute Gasteiger partial charge is 0.273 e. The van der Waals surface area contributed by atoms with Crippen LogP contribution in [0.2, 0.25) is 0 Å². The average Bonchev–Trinajstić information content (AvgIpc) is 3.01. The predicted octanol–water partition coefficient (Wildman–Crippen LogP) is 1.33. The van der Waals surface area contributed by atoms with Gasteiger partial charge in [-0.15, -0.1) is 0 Å². The molecule has 1 fully saturated rings. The van der Waals surface area contributed by atoms with E-state index in [1.165, 1.54) is 6.42 Å². The maximum atomic E-state index is 12.2. The molecule has 112 valence electrons. The zero-order valence-corrected chi connectivity index (χ0v) is 12.6. The van der Waals surface area contributed by atoms with Crippen LogP contribution < -0.4 is 11.1 Å². The topological polar surface area (TPSA) is 87.0 Å². The number of amides is 1. The van der Waals surface area contributed by atoms with Gasteiger partial charge in [0.15, 0.2) is 5.69 Å². The number of nitrogen functional groups attached to an aromatic ring is 1. The van der Waals surface area contributed by atoms with Crippen LogP contribution in [0.1, 0.15) is 55.7 Å². The Bertz CT molecular complexity index is 468. The number of hydrogen-bond donors (Lipinski definition) is 3. The molecule has 1 aliphatic rings. The van der Waals surface area contributed by atoms with E-state index in [-0.39, 0.29) is 11.8 Å². The van der Waals surface area contributed by atoms with Crippen molar-refractivity contribution in [1.82, 2.24) is 20.4 Å². The van der Waals surface area contributed by atoms with Crippen molar-refractivity contribution in [3.05, 3.63) is 11.4 Å². The lowest BCUT2D eigenvalue weighted by molar-refractivity contribution is 0.0937. The number of hydrogen-bond acceptors (Lipinski definition) is 4. The Morgan fingerprint density at radius 3 is 2.95 bits per heavy atom. The Hall–Kier alpha value is -1.56. The van der Waals surface area contributed by atoms with Gasteiger partial charge in [0, 0.05) is 12.6 Å². The molecule has 0 aromatic carbocycles. The van der Waals surface area contributed by atoms with Crippen LogP contribution in [0.25, 0.3) is 0 Å². The van der Waals surface area contributed by atoms with Crippen molar-refractivity contribution in [2.24, 2.45) is 0 Å². The largest absolute Gasteiger partial charge is 0.395 e. The van der Waals surface area contributed by atoms with E-state index >= 15 is 0 Å². The summed E-state index contributed by atoms with van der Waals surface area (Å²) in [6, 6.07) is 0.439. The van der Waals surface area contributed by atoms with Crippen molar-refractivity contribution in [1.29, 1.82) is 0 Å². The summed E-state index contributed by atoms with van der Waals surface area (Å²) in [6.45, 7) is 9.00. The summed E-state index contributed by atoms with van der Waals surface area (Å²) in [7, 11) is 0. The van der Waals surface area contributed by atoms with E-state index in [0.29, 0.717) is 24.0 Å². The second kappa shape index (κ2) is 6.26. The van der Waals surface area contributed by atoms with Crippen molar-refractivity contribution in [2.45, 2.75) is 45.6 Å². The Labute approximate surface area is 120 Å². The summed E-state index contributed by atoms with van der Waals surface area (Å²) in [5.74, 6) is 0.0445. The van der Waals surface area contributed by atoms with Gasteiger partial charge in [0.05, 0.1) is 11.4 Å². The number of carbonyl (C=O) groups excluding carboxylic acids is 1. The van der Waals surface area contributed by atoms with Crippen molar-refractivity contribution in [2.75, 3.05) is 25.4 Å². The molecule has 0 spiro atoms. The van der Waals surface area contributed by atoms with Gasteiger partial charge in [-0.2, -0.15) is 5.10 Å². The van der Waals surface area contributed by atoms with Gasteiger partial charge in [-0.25, -0.2) is 0 Å². The number of aromatic amines is 1. The molecule has 1 atom stereocenters. The van der Waals surface area contributed by atoms with Crippen molar-refractivity contribution >= 4 is 11.6 Å². The van der Waals surface area contributed by atoms with Gasteiger partial charge in [-0.05, 0) is 31.8 Å². The Kier molecular flexibility index (Phi) is 4.65. The summed E-state index contributed by atoms with van der Waals surface area (Å²) >= 11 is 0. The second-order valence-corrected chi connectivity index (χ2v) is 5.69. The minimum atomic E-state index is -0.186. The zero-order chi connectivity index (χ0) is 14.7. The minimum Gasteiger partial charge on any atom is -0.395 e. The SMILES string of the molecule is CCN1CCCC1CNC(=O)c1n[nH]c(C(C)C)c1N. The lowest BCUT2D eigenvalue weighted by Crippen LogP contribution is -2.40. The first-order valence-corrected chi connectivity index (χ1v) is 7.40. The van der Waals surface area contributed by atoms with Crippen molar-refractivity contribution in [3.8, 4) is 0 Å². The Morgan fingerprint density at radius 2 is 2.35 bits per heavy atom. The molecule has 20 heavy (non-hydrogen) atoms. The van der Waals surface area contributed by atoms with Gasteiger partial charge < -0.3 is 11.1 Å². The highest BCUT2D eigenvalue weighted by atomic mass is 16.2. The molecule has 1 aromatic heterocycles. The summed E-state index contributed by atoms with van der Waals surface area (Å²) in [6.07, 6.45) is 2.35. The van der Waals surface area contributed by atoms with E-state index in [2.05, 4.69) is 27.3 Å². The zero-order valence-electron chi connectivity index (χ0n) is 12.6. The summed E-state index contributed by atoms with van der Waals surface area (Å²) < 4.78 is 0. The average molecular weight is 279 g/mol. The lowest BCUT2D eigenvalue weighted by Gasteiger charge is -2.22. The summed E-state index contributed by atoms with van der Waals surface area (Å²) in [5.41, 5.74) is 7.59. The van der Waals surface area contributed by atoms with E-state index in [1.807, 2.05) is 13.8 Å². The van der Waals surface area contributed by atoms with Crippen LogP contribution >= 0.6 is 0 Å². The molecule has 1 aliphatic heterocycles. The predicted molar refractivity (Wildman–Crippen MR) is 79.7 cm³/mol. The molecule has 2 heterocycles. The third kappa shape index (κ3) is 2.95. The van der Waals surface area contributed by atoms with Gasteiger partial charge in [-0.3, -0.25) is 14.8 Å². The summed E-state index contributed by atoms with van der Waals surface area (Å²) in [4.78, 5) is 14.6. The van der Waals surface area contributed by atoms with Crippen molar-refractivity contribution in [3.63, 3.8) is 0 Å². The number of nitrogens with zero attached hydrogens (tertiary/aromatic N) is 2. The number of nitrogens with one attached hydrogen (secondary N) is 2. The number of anilines is 1. The van der Waals surface area contributed by atoms with E-state index in [4.69, 9.17) is 5.73 Å². The molecule has 1 amide bonds. The molecule has 0 aliphatic carbocycles. The molecule has 4 N–H and O–H groups in total. The Balaban J connectivity index is 1.95. The number of rotatable bonds is 5. The molecule has 1 saturated heterocycles. The highest BCUT2D eigenvalue weighted by Crippen LogP contribution is 2.22. The second-order valence-electron chi connectivity index (χ2n) is 5.69. The van der Waals surface area contributed by atoms with Crippen LogP contribution in [-0.2, 0) is 0 Å². The van der Waals surface area contributed by atoms with Gasteiger partial charge in [0.25, 0.3) is 5.91 Å². The third-order valence-corrected chi connectivity index (χ3v) is 4.03. The first kappa shape index (κ1) is 14.8. The molecule has 2 rings (SSSR count). The van der Waals surface area contributed by atoms with Crippen molar-refractivity contribution < 1.29 is 4.79 Å². The molecule has 1 unspecified atom stereocenters. The molecule has 0 radical (unpaired) electrons. The Morgan fingerprint density at radius 1 is 1.60 bits per heavy atom. The number of H-pyrrole nitrogens is 1. The standard InChI is InChI=1S/C14H25N5O/c1-4-19-7-5-6-10(19)8-16-14(20)13-11(15)12(9(2)3)17-18-13/h9-10H,4-8,15H2,1-3H3,(H,16,20)(H,17,18). The fourth-order valence-electron chi connectivity index (χ4n) is 2.81. The quantitative estimate of drug-likeness (QED) is 0.759. The van der Waals surface area contributed by atoms with Gasteiger partial charge in [0.1, 0.15) is 0 Å². The number of likely N-dealkylation sites (N-methyl/N-ethyl adjacent to an activating group) is 1. The van der Waals surface area contributed by atoms with Crippen LogP contribution in [-0.4, -0.2) is 46.7 Å². The molecular formula is C14H25N5O. The summed E-state index contributed by atoms with van der Waals surface area (Å²) in [5, 5.41) is 9.86. The van der Waals surface area contributed by atoms with E-state index in [9.17, 15) is 4.79 Å². The molecule has 1 aromatic rings. The minimum absolute atomic E-state index is 0.186. The fourth-order valence-corrected chi connectivity index (χ4v) is 2.81. The molecule has 6 heteroatoms. The van der Waals surface area contributed by atoms with Crippen LogP contribution in [0.4, 0.5) is 5.69 Å². The molecule has 0 saturated carbocycles. The van der Waals surface area contributed by atoms with Crippen LogP contribution in [0.15, 0.2) is 0 Å². The molecule has 6 nitrogen and oxygen atoms in total. The van der Waals surface area contributed by atoms with Crippen LogP contribution in [0, 0.1) is 0 Å². The van der Waals surface area contributed by atoms with Gasteiger partial charge in [-0.1, -0.05) is 20.8 Å². The first-order valence-electron chi connectivity index (χ1n) is 7.40. The first-order chi connectivity index (χ1) is 9.54. The van der Waals surface area contributed by atoms with E-state index in [0.717, 1.165) is 25.2 Å². The highest BCUT2D eigenvalue weighted by Gasteiger charge is 2.25. The van der Waals surface area contributed by atoms with E-state index < -0.39 is 0 Å². The van der Waals surface area contributed by atoms with E-state index in [1.54, 1.807) is 0 Å². The number of carbonyl (C=O) groups is 1. The normalized spacial score (nSPS) is 19.7. The molecule has 0 bridgehead atoms. The lowest BCUT2D eigenvalue weighted by atomic mass is 10.1. The maximum Gasteiger partial charge on any atom is 0.273 e. The highest BCUT2D eigenvalue weighted by molar-refractivity contribution is 5.97. The van der Waals surface area contributed by atoms with Crippen LogP contribution in [0.5, 0.6) is 0 Å². The fraction of sp³-hybridized carbons (Fsp3) is 0.714. The number of aromatic nitrogens is 2. The monoisotopic (exact) mass is 279 g/mol.